The van der Waals surface area contributed by atoms with Crippen molar-refractivity contribution in [2.45, 2.75) is 76.5 Å². The molecule has 1 heterocycles. The first-order chi connectivity index (χ1) is 9.05. The highest BCUT2D eigenvalue weighted by molar-refractivity contribution is 7.92. The van der Waals surface area contributed by atoms with Crippen LogP contribution in [0.25, 0.3) is 0 Å². The SMILES string of the molecule is CCCCC(CC)CC(NC)C1CCCCS1(=O)=O. The molecule has 0 spiro atoms. The minimum Gasteiger partial charge on any atom is -0.316 e. The van der Waals surface area contributed by atoms with E-state index in [-0.39, 0.29) is 11.3 Å². The van der Waals surface area contributed by atoms with Crippen LogP contribution in [0.1, 0.15) is 65.2 Å². The lowest BCUT2D eigenvalue weighted by Crippen LogP contribution is -2.46. The van der Waals surface area contributed by atoms with Crippen LogP contribution in [0.15, 0.2) is 0 Å². The molecule has 0 saturated carbocycles. The van der Waals surface area contributed by atoms with Gasteiger partial charge in [-0.2, -0.15) is 0 Å². The first-order valence-electron chi connectivity index (χ1n) is 7.94. The van der Waals surface area contributed by atoms with Gasteiger partial charge in [0.15, 0.2) is 9.84 Å². The molecule has 1 saturated heterocycles. The zero-order valence-electron chi connectivity index (χ0n) is 12.8. The Morgan fingerprint density at radius 3 is 2.53 bits per heavy atom. The van der Waals surface area contributed by atoms with E-state index < -0.39 is 9.84 Å². The fourth-order valence-corrected chi connectivity index (χ4v) is 5.41. The number of unbranched alkanes of at least 4 members (excludes halogenated alkanes) is 1. The maximum atomic E-state index is 12.2. The van der Waals surface area contributed by atoms with Gasteiger partial charge in [-0.25, -0.2) is 8.42 Å². The minimum absolute atomic E-state index is 0.145. The number of sulfone groups is 1. The molecule has 1 rings (SSSR count). The fourth-order valence-electron chi connectivity index (χ4n) is 3.23. The first kappa shape index (κ1) is 17.0. The van der Waals surface area contributed by atoms with Gasteiger partial charge in [0.25, 0.3) is 0 Å². The Kier molecular flexibility index (Phi) is 7.37. The third-order valence-corrected chi connectivity index (χ3v) is 6.92. The lowest BCUT2D eigenvalue weighted by molar-refractivity contribution is 0.339. The van der Waals surface area contributed by atoms with E-state index in [0.717, 1.165) is 32.1 Å². The molecule has 1 aliphatic heterocycles. The summed E-state index contributed by atoms with van der Waals surface area (Å²) in [6, 6.07) is 0.145. The van der Waals surface area contributed by atoms with Crippen molar-refractivity contribution < 1.29 is 8.42 Å². The molecule has 0 amide bonds. The summed E-state index contributed by atoms with van der Waals surface area (Å²) >= 11 is 0. The van der Waals surface area contributed by atoms with Gasteiger partial charge in [-0.15, -0.1) is 0 Å². The third-order valence-electron chi connectivity index (χ3n) is 4.58. The van der Waals surface area contributed by atoms with Crippen molar-refractivity contribution in [1.82, 2.24) is 5.32 Å². The van der Waals surface area contributed by atoms with Crippen molar-refractivity contribution in [1.29, 1.82) is 0 Å². The normalized spacial score (nSPS) is 25.9. The molecule has 0 aromatic heterocycles. The molecule has 3 atom stereocenters. The molecule has 0 radical (unpaired) electrons. The number of hydrogen-bond donors (Lipinski definition) is 1. The summed E-state index contributed by atoms with van der Waals surface area (Å²) in [5.74, 6) is 1.05. The zero-order valence-corrected chi connectivity index (χ0v) is 13.6. The van der Waals surface area contributed by atoms with E-state index in [1.54, 1.807) is 0 Å². The van der Waals surface area contributed by atoms with Crippen LogP contribution < -0.4 is 5.32 Å². The summed E-state index contributed by atoms with van der Waals surface area (Å²) in [6.45, 7) is 4.44. The van der Waals surface area contributed by atoms with Crippen LogP contribution in [0.3, 0.4) is 0 Å². The molecule has 0 bridgehead atoms. The van der Waals surface area contributed by atoms with Crippen molar-refractivity contribution in [3.63, 3.8) is 0 Å². The van der Waals surface area contributed by atoms with Gasteiger partial charge in [0, 0.05) is 6.04 Å². The Morgan fingerprint density at radius 1 is 1.26 bits per heavy atom. The quantitative estimate of drug-likeness (QED) is 0.746. The molecular formula is C15H31NO2S. The molecule has 0 aliphatic carbocycles. The van der Waals surface area contributed by atoms with Gasteiger partial charge in [-0.1, -0.05) is 46.0 Å². The maximum Gasteiger partial charge on any atom is 0.154 e. The summed E-state index contributed by atoms with van der Waals surface area (Å²) in [4.78, 5) is 0. The van der Waals surface area contributed by atoms with E-state index in [1.807, 2.05) is 7.05 Å². The van der Waals surface area contributed by atoms with Gasteiger partial charge >= 0.3 is 0 Å². The highest BCUT2D eigenvalue weighted by Gasteiger charge is 2.35. The van der Waals surface area contributed by atoms with Crippen molar-refractivity contribution in [3.05, 3.63) is 0 Å². The summed E-state index contributed by atoms with van der Waals surface area (Å²) in [5, 5.41) is 3.14. The second kappa shape index (κ2) is 8.25. The highest BCUT2D eigenvalue weighted by Crippen LogP contribution is 2.27. The summed E-state index contributed by atoms with van der Waals surface area (Å²) in [6.07, 6.45) is 8.64. The van der Waals surface area contributed by atoms with Crippen LogP contribution in [0.5, 0.6) is 0 Å². The molecular weight excluding hydrogens is 258 g/mol. The molecule has 1 N–H and O–H groups in total. The molecule has 1 aliphatic rings. The highest BCUT2D eigenvalue weighted by atomic mass is 32.2. The fraction of sp³-hybridized carbons (Fsp3) is 1.00. The average Bonchev–Trinajstić information content (AvgIpc) is 2.40. The van der Waals surface area contributed by atoms with Crippen molar-refractivity contribution in [2.75, 3.05) is 12.8 Å². The van der Waals surface area contributed by atoms with E-state index in [9.17, 15) is 8.42 Å². The maximum absolute atomic E-state index is 12.2. The van der Waals surface area contributed by atoms with Gasteiger partial charge < -0.3 is 5.32 Å². The monoisotopic (exact) mass is 289 g/mol. The molecule has 19 heavy (non-hydrogen) atoms. The van der Waals surface area contributed by atoms with Gasteiger partial charge in [0.2, 0.25) is 0 Å². The van der Waals surface area contributed by atoms with Crippen LogP contribution in [-0.4, -0.2) is 32.5 Å². The average molecular weight is 289 g/mol. The van der Waals surface area contributed by atoms with E-state index in [1.165, 1.54) is 19.3 Å². The molecule has 0 aromatic rings. The van der Waals surface area contributed by atoms with E-state index in [4.69, 9.17) is 0 Å². The van der Waals surface area contributed by atoms with Gasteiger partial charge in [0.1, 0.15) is 0 Å². The van der Waals surface area contributed by atoms with Gasteiger partial charge in [0.05, 0.1) is 11.0 Å². The predicted octanol–water partition coefficient (Wildman–Crippen LogP) is 3.15. The van der Waals surface area contributed by atoms with Crippen LogP contribution in [0, 0.1) is 5.92 Å². The number of hydrogen-bond acceptors (Lipinski definition) is 3. The Morgan fingerprint density at radius 2 is 2.00 bits per heavy atom. The predicted molar refractivity (Wildman–Crippen MR) is 82.2 cm³/mol. The van der Waals surface area contributed by atoms with E-state index >= 15 is 0 Å². The van der Waals surface area contributed by atoms with Crippen LogP contribution in [0.2, 0.25) is 0 Å². The molecule has 3 unspecified atom stereocenters. The lowest BCUT2D eigenvalue weighted by atomic mass is 9.90. The minimum atomic E-state index is -2.87. The Labute approximate surface area is 119 Å². The first-order valence-corrected chi connectivity index (χ1v) is 9.65. The smallest absolute Gasteiger partial charge is 0.154 e. The second-order valence-electron chi connectivity index (χ2n) is 5.95. The largest absolute Gasteiger partial charge is 0.316 e. The Bertz CT molecular complexity index is 340. The van der Waals surface area contributed by atoms with Crippen molar-refractivity contribution in [2.24, 2.45) is 5.92 Å². The van der Waals surface area contributed by atoms with Crippen LogP contribution in [-0.2, 0) is 9.84 Å². The van der Waals surface area contributed by atoms with Crippen LogP contribution >= 0.6 is 0 Å². The zero-order chi connectivity index (χ0) is 14.3. The van der Waals surface area contributed by atoms with Crippen molar-refractivity contribution in [3.8, 4) is 0 Å². The molecule has 4 heteroatoms. The summed E-state index contributed by atoms with van der Waals surface area (Å²) in [5.41, 5.74) is 0. The topological polar surface area (TPSA) is 46.2 Å². The van der Waals surface area contributed by atoms with E-state index in [2.05, 4.69) is 19.2 Å². The van der Waals surface area contributed by atoms with Crippen molar-refractivity contribution >= 4 is 9.84 Å². The lowest BCUT2D eigenvalue weighted by Gasteiger charge is -2.32. The van der Waals surface area contributed by atoms with Gasteiger partial charge in [-0.3, -0.25) is 0 Å². The standard InChI is InChI=1S/C15H31NO2S/c1-4-6-9-13(5-2)12-14(16-3)15-10-7-8-11-19(15,17)18/h13-16H,4-12H2,1-3H3. The Balaban J connectivity index is 2.65. The molecule has 114 valence electrons. The summed E-state index contributed by atoms with van der Waals surface area (Å²) in [7, 11) is -0.954. The van der Waals surface area contributed by atoms with Gasteiger partial charge in [-0.05, 0) is 32.2 Å². The number of nitrogens with one attached hydrogen (secondary N) is 1. The molecule has 3 nitrogen and oxygen atoms in total. The number of rotatable bonds is 8. The van der Waals surface area contributed by atoms with Crippen LogP contribution in [0.4, 0.5) is 0 Å². The second-order valence-corrected chi connectivity index (χ2v) is 8.29. The molecule has 1 fully saturated rings. The third kappa shape index (κ3) is 5.07. The Hall–Kier alpha value is -0.0900. The summed E-state index contributed by atoms with van der Waals surface area (Å²) < 4.78 is 24.5. The van der Waals surface area contributed by atoms with E-state index in [0.29, 0.717) is 11.7 Å². The molecule has 0 aromatic carbocycles.